The number of hydrogen-bond acceptors (Lipinski definition) is 9. The van der Waals surface area contributed by atoms with Gasteiger partial charge in [-0.1, -0.05) is 37.8 Å². The van der Waals surface area contributed by atoms with Gasteiger partial charge in [0, 0.05) is 43.9 Å². The number of para-hydroxylation sites is 1. The average Bonchev–Trinajstić information content (AvgIpc) is 3.60. The third kappa shape index (κ3) is 7.23. The van der Waals surface area contributed by atoms with E-state index in [-0.39, 0.29) is 23.7 Å². The molecule has 0 spiro atoms. The van der Waals surface area contributed by atoms with Crippen LogP contribution in [0.25, 0.3) is 33.4 Å². The van der Waals surface area contributed by atoms with E-state index in [0.717, 1.165) is 17.9 Å². The fraction of sp³-hybridized carbons (Fsp3) is 0.294. The number of nitrogens with one attached hydrogen (secondary N) is 2. The molecule has 3 N–H and O–H groups in total. The van der Waals surface area contributed by atoms with Gasteiger partial charge in [-0.2, -0.15) is 5.10 Å². The SMILES string of the molecule is Cc1ccn2nc([C@H](C)Nc3ncnc4c3c(-c3cc(NS(C)(=O)=O)ccc3O)cn4COCC[Si](C)(C)C)n(-c3ccccc3)c(=O)c12. The number of phenols is 1. The summed E-state index contributed by atoms with van der Waals surface area (Å²) >= 11 is 0. The van der Waals surface area contributed by atoms with Crippen molar-refractivity contribution in [1.82, 2.24) is 28.7 Å². The molecule has 4 heterocycles. The monoisotopic (exact) mass is 700 g/mol. The largest absolute Gasteiger partial charge is 0.507 e. The van der Waals surface area contributed by atoms with E-state index >= 15 is 0 Å². The zero-order chi connectivity index (χ0) is 35.1. The lowest BCUT2D eigenvalue weighted by Crippen LogP contribution is -2.29. The van der Waals surface area contributed by atoms with Crippen molar-refractivity contribution in [2.75, 3.05) is 22.9 Å². The number of anilines is 2. The van der Waals surface area contributed by atoms with Crippen molar-refractivity contribution >= 4 is 46.2 Å². The minimum absolute atomic E-state index is 0.0615. The van der Waals surface area contributed by atoms with Crippen molar-refractivity contribution in [3.05, 3.63) is 95.1 Å². The Labute approximate surface area is 285 Å². The molecule has 0 aliphatic heterocycles. The molecule has 13 nitrogen and oxygen atoms in total. The summed E-state index contributed by atoms with van der Waals surface area (Å²) in [7, 11) is -4.91. The number of hydrogen-bond donors (Lipinski definition) is 3. The highest BCUT2D eigenvalue weighted by Crippen LogP contribution is 2.40. The van der Waals surface area contributed by atoms with E-state index in [1.54, 1.807) is 21.3 Å². The average molecular weight is 701 g/mol. The highest BCUT2D eigenvalue weighted by molar-refractivity contribution is 7.92. The third-order valence-corrected chi connectivity index (χ3v) is 10.4. The van der Waals surface area contributed by atoms with E-state index in [0.29, 0.717) is 51.6 Å². The molecule has 0 bridgehead atoms. The molecule has 6 aromatic rings. The molecular weight excluding hydrogens is 661 g/mol. The van der Waals surface area contributed by atoms with Crippen LogP contribution in [0.15, 0.2) is 78.1 Å². The van der Waals surface area contributed by atoms with E-state index < -0.39 is 24.1 Å². The Morgan fingerprint density at radius 2 is 1.80 bits per heavy atom. The maximum absolute atomic E-state index is 14.0. The number of aromatic nitrogens is 6. The summed E-state index contributed by atoms with van der Waals surface area (Å²) < 4.78 is 37.7. The van der Waals surface area contributed by atoms with Crippen LogP contribution in [0.2, 0.25) is 25.7 Å². The summed E-state index contributed by atoms with van der Waals surface area (Å²) in [6.45, 7) is 11.4. The fourth-order valence-electron chi connectivity index (χ4n) is 5.71. The van der Waals surface area contributed by atoms with E-state index in [1.807, 2.05) is 61.0 Å². The molecule has 4 aromatic heterocycles. The van der Waals surface area contributed by atoms with Crippen molar-refractivity contribution < 1.29 is 18.3 Å². The Morgan fingerprint density at radius 3 is 2.51 bits per heavy atom. The zero-order valence-corrected chi connectivity index (χ0v) is 30.1. The first-order valence-electron chi connectivity index (χ1n) is 15.9. The fourth-order valence-corrected chi connectivity index (χ4v) is 7.03. The van der Waals surface area contributed by atoms with Gasteiger partial charge < -0.3 is 19.7 Å². The smallest absolute Gasteiger partial charge is 0.282 e. The van der Waals surface area contributed by atoms with Gasteiger partial charge in [-0.05, 0) is 61.9 Å². The van der Waals surface area contributed by atoms with Crippen molar-refractivity contribution in [3.63, 3.8) is 0 Å². The molecule has 0 saturated carbocycles. The molecule has 2 aromatic carbocycles. The number of ether oxygens (including phenoxy) is 1. The van der Waals surface area contributed by atoms with Crippen LogP contribution in [0.4, 0.5) is 11.5 Å². The number of fused-ring (bicyclic) bond motifs is 2. The van der Waals surface area contributed by atoms with Gasteiger partial charge in [0.2, 0.25) is 10.0 Å². The summed E-state index contributed by atoms with van der Waals surface area (Å²) in [5.41, 5.74) is 3.51. The summed E-state index contributed by atoms with van der Waals surface area (Å²) in [4.78, 5) is 23.2. The van der Waals surface area contributed by atoms with Gasteiger partial charge in [-0.25, -0.2) is 22.9 Å². The van der Waals surface area contributed by atoms with Crippen LogP contribution in [0.3, 0.4) is 0 Å². The van der Waals surface area contributed by atoms with Gasteiger partial charge in [0.15, 0.2) is 5.82 Å². The Kier molecular flexibility index (Phi) is 9.09. The van der Waals surface area contributed by atoms with Crippen molar-refractivity contribution in [2.24, 2.45) is 0 Å². The Balaban J connectivity index is 1.49. The number of nitrogens with zero attached hydrogens (tertiary/aromatic N) is 6. The van der Waals surface area contributed by atoms with Crippen molar-refractivity contribution in [3.8, 4) is 22.6 Å². The molecule has 1 atom stereocenters. The first-order chi connectivity index (χ1) is 23.2. The third-order valence-electron chi connectivity index (χ3n) is 8.14. The lowest BCUT2D eigenvalue weighted by molar-refractivity contribution is 0.0899. The Hall–Kier alpha value is -4.99. The van der Waals surface area contributed by atoms with E-state index in [9.17, 15) is 18.3 Å². The molecule has 0 amide bonds. The molecule has 0 unspecified atom stereocenters. The molecule has 0 saturated heterocycles. The summed E-state index contributed by atoms with van der Waals surface area (Å²) in [5, 5.41) is 20.0. The van der Waals surface area contributed by atoms with Crippen LogP contribution >= 0.6 is 0 Å². The first-order valence-corrected chi connectivity index (χ1v) is 21.5. The molecule has 0 aliphatic rings. The summed E-state index contributed by atoms with van der Waals surface area (Å²) in [5.74, 6) is 0.810. The lowest BCUT2D eigenvalue weighted by atomic mass is 10.0. The Morgan fingerprint density at radius 1 is 1.04 bits per heavy atom. The highest BCUT2D eigenvalue weighted by Gasteiger charge is 2.24. The first kappa shape index (κ1) is 33.9. The van der Waals surface area contributed by atoms with Crippen LogP contribution in [-0.4, -0.2) is 63.2 Å². The van der Waals surface area contributed by atoms with E-state index in [1.165, 1.54) is 18.5 Å². The maximum atomic E-state index is 14.0. The minimum Gasteiger partial charge on any atom is -0.507 e. The number of aryl methyl sites for hydroxylation is 1. The van der Waals surface area contributed by atoms with E-state index in [4.69, 9.17) is 9.84 Å². The van der Waals surface area contributed by atoms with Crippen LogP contribution in [0.5, 0.6) is 5.75 Å². The van der Waals surface area contributed by atoms with Gasteiger partial charge in [-0.15, -0.1) is 0 Å². The molecule has 0 aliphatic carbocycles. The molecule has 0 radical (unpaired) electrons. The lowest BCUT2D eigenvalue weighted by Gasteiger charge is -2.20. The van der Waals surface area contributed by atoms with Crippen LogP contribution in [-0.2, 0) is 21.5 Å². The van der Waals surface area contributed by atoms with Gasteiger partial charge in [0.05, 0.1) is 23.4 Å². The predicted molar refractivity (Wildman–Crippen MR) is 195 cm³/mol. The number of phenolic OH excluding ortho intramolecular Hbond substituents is 1. The quantitative estimate of drug-likeness (QED) is 0.0819. The molecular formula is C34H40N8O5SSi. The van der Waals surface area contributed by atoms with Crippen molar-refractivity contribution in [2.45, 2.75) is 52.3 Å². The zero-order valence-electron chi connectivity index (χ0n) is 28.3. The van der Waals surface area contributed by atoms with Gasteiger partial charge >= 0.3 is 0 Å². The topological polar surface area (TPSA) is 158 Å². The van der Waals surface area contributed by atoms with Gasteiger partial charge in [0.1, 0.15) is 35.8 Å². The van der Waals surface area contributed by atoms with Crippen LogP contribution in [0, 0.1) is 6.92 Å². The number of rotatable bonds is 12. The number of aromatic hydroxyl groups is 1. The normalized spacial score (nSPS) is 12.9. The van der Waals surface area contributed by atoms with Crippen LogP contribution < -0.4 is 15.6 Å². The van der Waals surface area contributed by atoms with Crippen LogP contribution in [0.1, 0.15) is 24.4 Å². The second kappa shape index (κ2) is 13.1. The highest BCUT2D eigenvalue weighted by atomic mass is 32.2. The number of sulfonamides is 1. The van der Waals surface area contributed by atoms with Gasteiger partial charge in [0.25, 0.3) is 5.56 Å². The summed E-state index contributed by atoms with van der Waals surface area (Å²) in [6, 6.07) is 16.1. The van der Waals surface area contributed by atoms with Gasteiger partial charge in [-0.3, -0.25) is 14.1 Å². The number of benzene rings is 2. The molecule has 0 fully saturated rings. The molecule has 6 rings (SSSR count). The Bertz CT molecular complexity index is 2330. The molecule has 256 valence electrons. The maximum Gasteiger partial charge on any atom is 0.282 e. The van der Waals surface area contributed by atoms with Crippen molar-refractivity contribution in [1.29, 1.82) is 0 Å². The summed E-state index contributed by atoms with van der Waals surface area (Å²) in [6.07, 6.45) is 6.09. The second-order valence-corrected chi connectivity index (χ2v) is 20.7. The standard InChI is InChI=1S/C34H40N8O5SSi/c1-22-14-15-41-30(22)34(44)42(25-10-8-7-9-11-25)32(38-41)23(2)37-31-29-27(26-18-24(12-13-28(26)43)39-48(3,45)46)19-40(33(29)36-20-35-31)21-47-16-17-49(4,5)6/h7-15,18-20,23,39,43H,16-17,21H2,1-6H3,(H,35,36,37)/t23-/m0/s1. The predicted octanol–water partition coefficient (Wildman–Crippen LogP) is 5.77. The second-order valence-electron chi connectivity index (χ2n) is 13.4. The van der Waals surface area contributed by atoms with E-state index in [2.05, 4.69) is 39.6 Å². The molecule has 15 heteroatoms. The minimum atomic E-state index is -3.58. The molecule has 49 heavy (non-hydrogen) atoms.